The van der Waals surface area contributed by atoms with Crippen molar-refractivity contribution in [1.82, 2.24) is 10.3 Å². The minimum absolute atomic E-state index is 0.0553. The number of nitrogens with one attached hydrogen (secondary N) is 1. The summed E-state index contributed by atoms with van der Waals surface area (Å²) in [6.07, 6.45) is 1.10. The Labute approximate surface area is 166 Å². The number of aromatic nitrogens is 1. The number of carbonyl (C=O) groups excluding carboxylic acids is 2. The Hall–Kier alpha value is -2.51. The Kier molecular flexibility index (Phi) is 6.73. The average molecular weight is 401 g/mol. The van der Waals surface area contributed by atoms with E-state index in [1.807, 2.05) is 48.7 Å². The van der Waals surface area contributed by atoms with Crippen molar-refractivity contribution in [2.75, 3.05) is 13.2 Å². The number of esters is 1. The van der Waals surface area contributed by atoms with Crippen LogP contribution in [0.15, 0.2) is 47.2 Å². The van der Waals surface area contributed by atoms with E-state index in [0.717, 1.165) is 15.4 Å². The summed E-state index contributed by atoms with van der Waals surface area (Å²) < 4.78 is 5.18. The van der Waals surface area contributed by atoms with Crippen LogP contribution in [0.1, 0.15) is 28.0 Å². The Morgan fingerprint density at radius 2 is 1.96 bits per heavy atom. The van der Waals surface area contributed by atoms with Crippen molar-refractivity contribution in [1.29, 1.82) is 0 Å². The molecule has 3 aromatic rings. The molecule has 1 N–H and O–H groups in total. The quantitative estimate of drug-likeness (QED) is 0.457. The predicted molar refractivity (Wildman–Crippen MR) is 108 cm³/mol. The first kappa shape index (κ1) is 19.3. The van der Waals surface area contributed by atoms with Crippen LogP contribution in [-0.4, -0.2) is 30.0 Å². The van der Waals surface area contributed by atoms with Gasteiger partial charge in [0.1, 0.15) is 11.6 Å². The number of thiophene rings is 1. The van der Waals surface area contributed by atoms with E-state index in [4.69, 9.17) is 4.74 Å². The van der Waals surface area contributed by atoms with Crippen molar-refractivity contribution < 1.29 is 14.3 Å². The molecule has 0 aliphatic carbocycles. The largest absolute Gasteiger partial charge is 0.459 e. The van der Waals surface area contributed by atoms with E-state index < -0.39 is 5.97 Å². The Morgan fingerprint density at radius 3 is 2.70 bits per heavy atom. The first-order chi connectivity index (χ1) is 13.1. The van der Waals surface area contributed by atoms with E-state index in [-0.39, 0.29) is 12.5 Å². The summed E-state index contributed by atoms with van der Waals surface area (Å²) in [7, 11) is 0. The predicted octanol–water partition coefficient (Wildman–Crippen LogP) is 4.09. The van der Waals surface area contributed by atoms with Crippen molar-refractivity contribution in [3.8, 4) is 9.88 Å². The number of benzene rings is 1. The van der Waals surface area contributed by atoms with Gasteiger partial charge in [0, 0.05) is 11.8 Å². The third-order valence-corrected chi connectivity index (χ3v) is 5.75. The van der Waals surface area contributed by atoms with Crippen LogP contribution in [0.3, 0.4) is 0 Å². The van der Waals surface area contributed by atoms with Crippen LogP contribution < -0.4 is 5.32 Å². The zero-order chi connectivity index (χ0) is 19.1. The first-order valence-corrected chi connectivity index (χ1v) is 10.4. The van der Waals surface area contributed by atoms with E-state index in [9.17, 15) is 9.59 Å². The standard InChI is InChI=1S/C20H20N2O3S2/c1-14-4-6-15(7-5-14)8-9-18(23)21-10-11-25-20(24)16-13-27-19(22-16)17-3-2-12-26-17/h2-7,12-13H,8-11H2,1H3,(H,21,23). The molecule has 140 valence electrons. The maximum absolute atomic E-state index is 12.0. The fourth-order valence-electron chi connectivity index (χ4n) is 2.39. The Bertz CT molecular complexity index is 886. The van der Waals surface area contributed by atoms with Crippen LogP contribution >= 0.6 is 22.7 Å². The SMILES string of the molecule is Cc1ccc(CCC(=O)NCCOC(=O)c2csc(-c3cccs3)n2)cc1. The second-order valence-electron chi connectivity index (χ2n) is 5.99. The van der Waals surface area contributed by atoms with Crippen molar-refractivity contribution >= 4 is 34.6 Å². The monoisotopic (exact) mass is 400 g/mol. The van der Waals surface area contributed by atoms with Gasteiger partial charge < -0.3 is 10.1 Å². The second kappa shape index (κ2) is 9.43. The molecule has 1 amide bonds. The number of amides is 1. The molecule has 2 aromatic heterocycles. The van der Waals surface area contributed by atoms with Gasteiger partial charge in [-0.2, -0.15) is 0 Å². The van der Waals surface area contributed by atoms with E-state index in [1.54, 1.807) is 16.7 Å². The lowest BCUT2D eigenvalue weighted by Crippen LogP contribution is -2.28. The third kappa shape index (κ3) is 5.74. The van der Waals surface area contributed by atoms with Gasteiger partial charge in [0.15, 0.2) is 5.69 Å². The normalized spacial score (nSPS) is 10.6. The lowest BCUT2D eigenvalue weighted by Gasteiger charge is -2.06. The molecule has 3 rings (SSSR count). The molecule has 27 heavy (non-hydrogen) atoms. The van der Waals surface area contributed by atoms with Crippen LogP contribution in [0, 0.1) is 6.92 Å². The molecule has 0 fully saturated rings. The molecular weight excluding hydrogens is 380 g/mol. The maximum atomic E-state index is 12.0. The lowest BCUT2D eigenvalue weighted by molar-refractivity contribution is -0.121. The van der Waals surface area contributed by atoms with Gasteiger partial charge in [-0.3, -0.25) is 4.79 Å². The zero-order valence-electron chi connectivity index (χ0n) is 14.9. The highest BCUT2D eigenvalue weighted by atomic mass is 32.1. The minimum Gasteiger partial charge on any atom is -0.459 e. The highest BCUT2D eigenvalue weighted by Gasteiger charge is 2.13. The van der Waals surface area contributed by atoms with Gasteiger partial charge in [0.2, 0.25) is 5.91 Å². The topological polar surface area (TPSA) is 68.3 Å². The smallest absolute Gasteiger partial charge is 0.357 e. The zero-order valence-corrected chi connectivity index (χ0v) is 16.6. The van der Waals surface area contributed by atoms with Crippen LogP contribution in [0.25, 0.3) is 9.88 Å². The number of thiazole rings is 1. The average Bonchev–Trinajstić information content (AvgIpc) is 3.36. The summed E-state index contributed by atoms with van der Waals surface area (Å²) in [5, 5.41) is 7.23. The third-order valence-electron chi connectivity index (χ3n) is 3.86. The molecule has 0 unspecified atom stereocenters. The highest BCUT2D eigenvalue weighted by Crippen LogP contribution is 2.27. The van der Waals surface area contributed by atoms with Crippen LogP contribution in [-0.2, 0) is 16.0 Å². The number of carbonyl (C=O) groups is 2. The summed E-state index contributed by atoms with van der Waals surface area (Å²) in [5.74, 6) is -0.525. The van der Waals surface area contributed by atoms with Gasteiger partial charge in [0.25, 0.3) is 0 Å². The molecule has 0 radical (unpaired) electrons. The molecule has 0 aliphatic rings. The molecule has 1 aromatic carbocycles. The minimum atomic E-state index is -0.469. The fraction of sp³-hybridized carbons (Fsp3) is 0.250. The van der Waals surface area contributed by atoms with Gasteiger partial charge >= 0.3 is 5.97 Å². The van der Waals surface area contributed by atoms with Crippen molar-refractivity contribution in [2.24, 2.45) is 0 Å². The number of nitrogens with zero attached hydrogens (tertiary/aromatic N) is 1. The van der Waals surface area contributed by atoms with E-state index in [1.165, 1.54) is 16.9 Å². The maximum Gasteiger partial charge on any atom is 0.357 e. The van der Waals surface area contributed by atoms with Crippen molar-refractivity contribution in [3.63, 3.8) is 0 Å². The molecule has 0 aliphatic heterocycles. The summed E-state index contributed by atoms with van der Waals surface area (Å²) in [5.41, 5.74) is 2.63. The molecular formula is C20H20N2O3S2. The number of rotatable bonds is 8. The summed E-state index contributed by atoms with van der Waals surface area (Å²) in [4.78, 5) is 29.2. The number of ether oxygens (including phenoxy) is 1. The lowest BCUT2D eigenvalue weighted by atomic mass is 10.1. The molecule has 0 bridgehead atoms. The number of hydrogen-bond donors (Lipinski definition) is 1. The van der Waals surface area contributed by atoms with Gasteiger partial charge in [-0.25, -0.2) is 9.78 Å². The van der Waals surface area contributed by atoms with E-state index >= 15 is 0 Å². The molecule has 5 nitrogen and oxygen atoms in total. The summed E-state index contributed by atoms with van der Waals surface area (Å²) in [6.45, 7) is 2.45. The summed E-state index contributed by atoms with van der Waals surface area (Å²) >= 11 is 2.99. The Balaban J connectivity index is 1.35. The molecule has 0 atom stereocenters. The van der Waals surface area contributed by atoms with Crippen LogP contribution in [0.2, 0.25) is 0 Å². The first-order valence-electron chi connectivity index (χ1n) is 8.60. The molecule has 0 spiro atoms. The highest BCUT2D eigenvalue weighted by molar-refractivity contribution is 7.20. The number of hydrogen-bond acceptors (Lipinski definition) is 6. The molecule has 2 heterocycles. The second-order valence-corrected chi connectivity index (χ2v) is 7.79. The van der Waals surface area contributed by atoms with Crippen molar-refractivity contribution in [3.05, 3.63) is 64.0 Å². The van der Waals surface area contributed by atoms with Gasteiger partial charge in [-0.15, -0.1) is 22.7 Å². The fourth-order valence-corrected chi connectivity index (χ4v) is 3.99. The van der Waals surface area contributed by atoms with Crippen LogP contribution in [0.5, 0.6) is 0 Å². The molecule has 7 heteroatoms. The van der Waals surface area contributed by atoms with E-state index in [2.05, 4.69) is 10.3 Å². The molecule has 0 saturated heterocycles. The number of aryl methyl sites for hydroxylation is 2. The summed E-state index contributed by atoms with van der Waals surface area (Å²) in [6, 6.07) is 12.0. The Morgan fingerprint density at radius 1 is 1.15 bits per heavy atom. The van der Waals surface area contributed by atoms with Crippen molar-refractivity contribution in [2.45, 2.75) is 19.8 Å². The van der Waals surface area contributed by atoms with Crippen LogP contribution in [0.4, 0.5) is 0 Å². The molecule has 0 saturated carbocycles. The van der Waals surface area contributed by atoms with Gasteiger partial charge in [0.05, 0.1) is 11.4 Å². The van der Waals surface area contributed by atoms with Gasteiger partial charge in [-0.1, -0.05) is 35.9 Å². The van der Waals surface area contributed by atoms with E-state index in [0.29, 0.717) is 25.1 Å². The van der Waals surface area contributed by atoms with Gasteiger partial charge in [-0.05, 0) is 30.4 Å².